The van der Waals surface area contributed by atoms with Crippen molar-refractivity contribution in [2.75, 3.05) is 0 Å². The third kappa shape index (κ3) is 2.56. The van der Waals surface area contributed by atoms with Crippen LogP contribution in [0.5, 0.6) is 0 Å². The van der Waals surface area contributed by atoms with Gasteiger partial charge in [0.1, 0.15) is 0 Å². The monoisotopic (exact) mass is 242 g/mol. The van der Waals surface area contributed by atoms with Gasteiger partial charge in [-0.3, -0.25) is 0 Å². The molecule has 0 aromatic heterocycles. The maximum atomic E-state index is 8.91. The van der Waals surface area contributed by atoms with Crippen molar-refractivity contribution in [2.24, 2.45) is 0 Å². The van der Waals surface area contributed by atoms with Crippen LogP contribution in [0, 0.1) is 0 Å². The molecule has 0 atom stereocenters. The Kier molecular flexibility index (Phi) is 3.53. The molecule has 1 aromatic rings. The average Bonchev–Trinajstić information content (AvgIpc) is 2.03. The van der Waals surface area contributed by atoms with Gasteiger partial charge in [0.15, 0.2) is 0 Å². The molecule has 1 rings (SSSR count). The Balaban J connectivity index is 3.06. The Hall–Kier alpha value is -0.315. The van der Waals surface area contributed by atoms with Crippen molar-refractivity contribution in [3.63, 3.8) is 0 Å². The summed E-state index contributed by atoms with van der Waals surface area (Å²) in [7, 11) is -1.39. The van der Waals surface area contributed by atoms with E-state index in [0.717, 1.165) is 4.47 Å². The first-order chi connectivity index (χ1) is 6.02. The van der Waals surface area contributed by atoms with Gasteiger partial charge in [0.2, 0.25) is 0 Å². The van der Waals surface area contributed by atoms with E-state index < -0.39 is 7.12 Å². The van der Waals surface area contributed by atoms with Crippen molar-refractivity contribution in [3.8, 4) is 0 Å². The second-order valence-electron chi connectivity index (χ2n) is 3.31. The normalized spacial score (nSPS) is 10.6. The van der Waals surface area contributed by atoms with Crippen molar-refractivity contribution in [1.82, 2.24) is 0 Å². The molecule has 0 bridgehead atoms. The van der Waals surface area contributed by atoms with Crippen molar-refractivity contribution >= 4 is 28.5 Å². The first kappa shape index (κ1) is 10.8. The lowest BCUT2D eigenvalue weighted by Crippen LogP contribution is -2.29. The highest BCUT2D eigenvalue weighted by Crippen LogP contribution is 2.22. The molecule has 0 radical (unpaired) electrons. The van der Waals surface area contributed by atoms with Gasteiger partial charge in [-0.1, -0.05) is 41.9 Å². The van der Waals surface area contributed by atoms with E-state index in [2.05, 4.69) is 29.8 Å². The summed E-state index contributed by atoms with van der Waals surface area (Å²) in [5.41, 5.74) is 1.68. The first-order valence-electron chi connectivity index (χ1n) is 4.18. The van der Waals surface area contributed by atoms with Crippen LogP contribution in [0.4, 0.5) is 0 Å². The Morgan fingerprint density at radius 2 is 1.92 bits per heavy atom. The molecule has 0 spiro atoms. The largest absolute Gasteiger partial charge is 0.488 e. The zero-order valence-corrected chi connectivity index (χ0v) is 9.25. The van der Waals surface area contributed by atoms with Crippen LogP contribution in [0.15, 0.2) is 22.7 Å². The summed E-state index contributed by atoms with van der Waals surface area (Å²) in [5, 5.41) is 17.8. The van der Waals surface area contributed by atoms with Crippen LogP contribution in [0.1, 0.15) is 25.3 Å². The van der Waals surface area contributed by atoms with E-state index in [9.17, 15) is 0 Å². The van der Waals surface area contributed by atoms with Gasteiger partial charge < -0.3 is 10.0 Å². The zero-order chi connectivity index (χ0) is 10.0. The van der Waals surface area contributed by atoms with Gasteiger partial charge >= 0.3 is 7.12 Å². The van der Waals surface area contributed by atoms with E-state index in [-0.39, 0.29) is 0 Å². The standard InChI is InChI=1S/C9H12BBrO2/c1-6(2)8-4-3-7(10(12)13)5-9(8)11/h3-6,12-13H,1-2H3. The van der Waals surface area contributed by atoms with Gasteiger partial charge in [-0.05, 0) is 23.0 Å². The third-order valence-corrected chi connectivity index (χ3v) is 2.63. The van der Waals surface area contributed by atoms with Gasteiger partial charge in [0.05, 0.1) is 0 Å². The quantitative estimate of drug-likeness (QED) is 0.767. The van der Waals surface area contributed by atoms with E-state index in [0.29, 0.717) is 11.4 Å². The Morgan fingerprint density at radius 3 is 2.31 bits per heavy atom. The summed E-state index contributed by atoms with van der Waals surface area (Å²) >= 11 is 3.39. The summed E-state index contributed by atoms with van der Waals surface area (Å²) in [6.07, 6.45) is 0. The zero-order valence-electron chi connectivity index (χ0n) is 7.66. The van der Waals surface area contributed by atoms with E-state index >= 15 is 0 Å². The van der Waals surface area contributed by atoms with Crippen LogP contribution in [-0.2, 0) is 0 Å². The summed E-state index contributed by atoms with van der Waals surface area (Å²) in [5.74, 6) is 0.430. The summed E-state index contributed by atoms with van der Waals surface area (Å²) < 4.78 is 0.924. The van der Waals surface area contributed by atoms with Crippen LogP contribution in [0.3, 0.4) is 0 Å². The molecule has 2 N–H and O–H groups in total. The molecule has 13 heavy (non-hydrogen) atoms. The predicted octanol–water partition coefficient (Wildman–Crippen LogP) is 1.25. The van der Waals surface area contributed by atoms with Gasteiger partial charge in [-0.25, -0.2) is 0 Å². The minimum absolute atomic E-state index is 0.430. The van der Waals surface area contributed by atoms with Gasteiger partial charge in [-0.15, -0.1) is 0 Å². The van der Waals surface area contributed by atoms with Gasteiger partial charge in [0, 0.05) is 4.47 Å². The minimum atomic E-state index is -1.39. The predicted molar refractivity (Wildman–Crippen MR) is 58.1 cm³/mol. The summed E-state index contributed by atoms with van der Waals surface area (Å²) in [4.78, 5) is 0. The third-order valence-electron chi connectivity index (χ3n) is 1.94. The molecule has 0 aliphatic rings. The van der Waals surface area contributed by atoms with Crippen LogP contribution in [0.2, 0.25) is 0 Å². The number of rotatable bonds is 2. The summed E-state index contributed by atoms with van der Waals surface area (Å²) in [6.45, 7) is 4.18. The molecular formula is C9H12BBrO2. The average molecular weight is 243 g/mol. The highest BCUT2D eigenvalue weighted by molar-refractivity contribution is 9.10. The first-order valence-corrected chi connectivity index (χ1v) is 4.97. The molecule has 70 valence electrons. The SMILES string of the molecule is CC(C)c1ccc(B(O)O)cc1Br. The number of hydrogen-bond acceptors (Lipinski definition) is 2. The Labute approximate surface area is 86.9 Å². The van der Waals surface area contributed by atoms with Crippen molar-refractivity contribution in [1.29, 1.82) is 0 Å². The van der Waals surface area contributed by atoms with Crippen LogP contribution in [0.25, 0.3) is 0 Å². The maximum absolute atomic E-state index is 8.91. The molecule has 4 heteroatoms. The lowest BCUT2D eigenvalue weighted by molar-refractivity contribution is 0.425. The Morgan fingerprint density at radius 1 is 1.31 bits per heavy atom. The molecule has 0 unspecified atom stereocenters. The molecule has 0 fully saturated rings. The molecule has 0 aliphatic heterocycles. The van der Waals surface area contributed by atoms with Crippen molar-refractivity contribution < 1.29 is 10.0 Å². The lowest BCUT2D eigenvalue weighted by atomic mass is 9.79. The van der Waals surface area contributed by atoms with E-state index in [1.807, 2.05) is 6.07 Å². The molecule has 0 aliphatic carbocycles. The topological polar surface area (TPSA) is 40.5 Å². The second kappa shape index (κ2) is 4.27. The van der Waals surface area contributed by atoms with Crippen LogP contribution >= 0.6 is 15.9 Å². The molecule has 0 heterocycles. The molecule has 0 saturated carbocycles. The molecule has 1 aromatic carbocycles. The van der Waals surface area contributed by atoms with E-state index in [1.165, 1.54) is 5.56 Å². The van der Waals surface area contributed by atoms with Gasteiger partial charge in [0.25, 0.3) is 0 Å². The minimum Gasteiger partial charge on any atom is -0.423 e. The van der Waals surface area contributed by atoms with Crippen LogP contribution < -0.4 is 5.46 Å². The number of halogens is 1. The van der Waals surface area contributed by atoms with Gasteiger partial charge in [-0.2, -0.15) is 0 Å². The number of benzene rings is 1. The number of hydrogen-bond donors (Lipinski definition) is 2. The highest BCUT2D eigenvalue weighted by Gasteiger charge is 2.13. The smallest absolute Gasteiger partial charge is 0.423 e. The summed E-state index contributed by atoms with van der Waals surface area (Å²) in [6, 6.07) is 5.37. The molecule has 2 nitrogen and oxygen atoms in total. The molecular weight excluding hydrogens is 231 g/mol. The van der Waals surface area contributed by atoms with Crippen LogP contribution in [-0.4, -0.2) is 17.2 Å². The highest BCUT2D eigenvalue weighted by atomic mass is 79.9. The molecule has 0 saturated heterocycles. The maximum Gasteiger partial charge on any atom is 0.488 e. The van der Waals surface area contributed by atoms with E-state index in [1.54, 1.807) is 12.1 Å². The fourth-order valence-electron chi connectivity index (χ4n) is 1.17. The second-order valence-corrected chi connectivity index (χ2v) is 4.16. The van der Waals surface area contributed by atoms with Crippen molar-refractivity contribution in [3.05, 3.63) is 28.2 Å². The fraction of sp³-hybridized carbons (Fsp3) is 0.333. The lowest BCUT2D eigenvalue weighted by Gasteiger charge is -2.09. The molecule has 0 amide bonds. The van der Waals surface area contributed by atoms with E-state index in [4.69, 9.17) is 10.0 Å². The fourth-order valence-corrected chi connectivity index (χ4v) is 2.03. The Bertz CT molecular complexity index is 300. The van der Waals surface area contributed by atoms with Crippen molar-refractivity contribution in [2.45, 2.75) is 19.8 Å².